The molecule has 3 aliphatic rings. The molecule has 2 bridgehead atoms. The number of hydrogen-bond donors (Lipinski definition) is 0. The van der Waals surface area contributed by atoms with Gasteiger partial charge in [0.05, 0.1) is 0 Å². The Morgan fingerprint density at radius 2 is 1.75 bits per heavy atom. The zero-order chi connectivity index (χ0) is 8.93. The van der Waals surface area contributed by atoms with Gasteiger partial charge in [-0.2, -0.15) is 0 Å². The van der Waals surface area contributed by atoms with Crippen LogP contribution in [0.2, 0.25) is 0 Å². The van der Waals surface area contributed by atoms with E-state index in [9.17, 15) is 0 Å². The minimum atomic E-state index is 0.717. The molecule has 2 aliphatic heterocycles. The van der Waals surface area contributed by atoms with Gasteiger partial charge in [-0.05, 0) is 38.0 Å². The summed E-state index contributed by atoms with van der Waals surface area (Å²) in [5.74, 6) is 0.887. The molecule has 2 saturated heterocycles. The number of fused-ring (bicyclic) bond motifs is 1. The summed E-state index contributed by atoms with van der Waals surface area (Å²) in [4.78, 5) is 2.69. The Labute approximate surface area is 76.1 Å². The van der Waals surface area contributed by atoms with Gasteiger partial charge in [-0.1, -0.05) is 13.8 Å². The van der Waals surface area contributed by atoms with Crippen molar-refractivity contribution in [2.45, 2.75) is 52.6 Å². The third-order valence-electron chi connectivity index (χ3n) is 4.14. The van der Waals surface area contributed by atoms with Gasteiger partial charge in [0, 0.05) is 18.6 Å². The number of hydrogen-bond acceptors (Lipinski definition) is 1. The van der Waals surface area contributed by atoms with Crippen LogP contribution in [0.25, 0.3) is 0 Å². The summed E-state index contributed by atoms with van der Waals surface area (Å²) >= 11 is 0. The molecule has 2 heterocycles. The van der Waals surface area contributed by atoms with Crippen molar-refractivity contribution < 1.29 is 0 Å². The van der Waals surface area contributed by atoms with Gasteiger partial charge in [0.25, 0.3) is 0 Å². The van der Waals surface area contributed by atoms with Crippen LogP contribution in [0.4, 0.5) is 0 Å². The van der Waals surface area contributed by atoms with Gasteiger partial charge in [-0.25, -0.2) is 0 Å². The quantitative estimate of drug-likeness (QED) is 0.611. The van der Waals surface area contributed by atoms with Crippen LogP contribution in [0.5, 0.6) is 0 Å². The van der Waals surface area contributed by atoms with Gasteiger partial charge in [0.1, 0.15) is 0 Å². The van der Waals surface area contributed by atoms with E-state index >= 15 is 0 Å². The van der Waals surface area contributed by atoms with Crippen LogP contribution >= 0.6 is 0 Å². The molecule has 1 saturated carbocycles. The van der Waals surface area contributed by atoms with E-state index in [1.807, 2.05) is 0 Å². The first-order valence-electron chi connectivity index (χ1n) is 5.31. The maximum Gasteiger partial charge on any atom is 0.0110 e. The van der Waals surface area contributed by atoms with Crippen molar-refractivity contribution in [3.05, 3.63) is 0 Å². The van der Waals surface area contributed by atoms with E-state index in [0.717, 1.165) is 23.4 Å². The van der Waals surface area contributed by atoms with Crippen molar-refractivity contribution in [1.29, 1.82) is 0 Å². The molecule has 1 heteroatoms. The van der Waals surface area contributed by atoms with Crippen molar-refractivity contribution >= 4 is 0 Å². The molecule has 0 spiro atoms. The monoisotopic (exact) mass is 167 g/mol. The maximum absolute atomic E-state index is 2.69. The average molecular weight is 167 g/mol. The van der Waals surface area contributed by atoms with Crippen LogP contribution in [0.3, 0.4) is 0 Å². The summed E-state index contributed by atoms with van der Waals surface area (Å²) < 4.78 is 0. The predicted octanol–water partition coefficient (Wildman–Crippen LogP) is 2.52. The van der Waals surface area contributed by atoms with Crippen LogP contribution in [-0.4, -0.2) is 23.5 Å². The Kier molecular flexibility index (Phi) is 1.76. The Hall–Kier alpha value is -0.0400. The smallest absolute Gasteiger partial charge is 0.0110 e. The van der Waals surface area contributed by atoms with Gasteiger partial charge >= 0.3 is 0 Å². The predicted molar refractivity (Wildman–Crippen MR) is 52.1 cm³/mol. The number of rotatable bonds is 2. The highest BCUT2D eigenvalue weighted by Gasteiger charge is 2.56. The SMILES string of the molecule is CC(C)N1CC2(C(C)C)CC1C2. The lowest BCUT2D eigenvalue weighted by Gasteiger charge is -2.41. The topological polar surface area (TPSA) is 3.24 Å². The van der Waals surface area contributed by atoms with Crippen molar-refractivity contribution in [1.82, 2.24) is 4.90 Å². The summed E-state index contributed by atoms with van der Waals surface area (Å²) in [7, 11) is 0. The Bertz CT molecular complexity index is 177. The van der Waals surface area contributed by atoms with Crippen LogP contribution in [0, 0.1) is 11.3 Å². The standard InChI is InChI=1S/C11H21N/c1-8(2)11-5-10(6-11)12(7-11)9(3)4/h8-10H,5-7H2,1-4H3. The van der Waals surface area contributed by atoms with Gasteiger partial charge in [-0.3, -0.25) is 4.90 Å². The van der Waals surface area contributed by atoms with Gasteiger partial charge in [-0.15, -0.1) is 0 Å². The highest BCUT2D eigenvalue weighted by Crippen LogP contribution is 2.56. The van der Waals surface area contributed by atoms with Crippen LogP contribution in [0.15, 0.2) is 0 Å². The second kappa shape index (κ2) is 2.47. The fraction of sp³-hybridized carbons (Fsp3) is 1.00. The molecule has 0 aromatic carbocycles. The highest BCUT2D eigenvalue weighted by molar-refractivity contribution is 5.09. The molecule has 0 aromatic rings. The first-order valence-corrected chi connectivity index (χ1v) is 5.31. The van der Waals surface area contributed by atoms with Crippen molar-refractivity contribution in [3.63, 3.8) is 0 Å². The third-order valence-corrected chi connectivity index (χ3v) is 4.14. The second-order valence-electron chi connectivity index (χ2n) is 5.35. The molecule has 3 rings (SSSR count). The van der Waals surface area contributed by atoms with Crippen LogP contribution < -0.4 is 0 Å². The van der Waals surface area contributed by atoms with Gasteiger partial charge in [0.2, 0.25) is 0 Å². The minimum absolute atomic E-state index is 0.717. The Morgan fingerprint density at radius 3 is 2.00 bits per heavy atom. The molecule has 0 atom stereocenters. The third kappa shape index (κ3) is 0.953. The van der Waals surface area contributed by atoms with E-state index in [1.165, 1.54) is 19.4 Å². The lowest BCUT2D eigenvalue weighted by atomic mass is 9.63. The van der Waals surface area contributed by atoms with E-state index < -0.39 is 0 Å². The van der Waals surface area contributed by atoms with E-state index in [1.54, 1.807) is 0 Å². The molecule has 1 nitrogen and oxygen atoms in total. The number of nitrogens with zero attached hydrogens (tertiary/aromatic N) is 1. The van der Waals surface area contributed by atoms with Crippen LogP contribution in [-0.2, 0) is 0 Å². The molecule has 3 fully saturated rings. The summed E-state index contributed by atoms with van der Waals surface area (Å²) in [6.07, 6.45) is 2.95. The summed E-state index contributed by atoms with van der Waals surface area (Å²) in [5, 5.41) is 0. The lowest BCUT2D eigenvalue weighted by Crippen LogP contribution is -2.39. The molecule has 0 N–H and O–H groups in total. The molecule has 0 radical (unpaired) electrons. The van der Waals surface area contributed by atoms with Gasteiger partial charge in [0.15, 0.2) is 0 Å². The first kappa shape index (κ1) is 8.55. The zero-order valence-electron chi connectivity index (χ0n) is 8.80. The van der Waals surface area contributed by atoms with Gasteiger partial charge < -0.3 is 0 Å². The van der Waals surface area contributed by atoms with E-state index in [2.05, 4.69) is 32.6 Å². The van der Waals surface area contributed by atoms with Crippen LogP contribution in [0.1, 0.15) is 40.5 Å². The maximum atomic E-state index is 2.69. The molecule has 0 unspecified atom stereocenters. The fourth-order valence-corrected chi connectivity index (χ4v) is 2.99. The molecule has 0 amide bonds. The van der Waals surface area contributed by atoms with Crippen molar-refractivity contribution in [2.24, 2.45) is 11.3 Å². The molecule has 12 heavy (non-hydrogen) atoms. The van der Waals surface area contributed by atoms with Crippen molar-refractivity contribution in [3.8, 4) is 0 Å². The summed E-state index contributed by atoms with van der Waals surface area (Å²) in [6.45, 7) is 10.8. The largest absolute Gasteiger partial charge is 0.297 e. The Balaban J connectivity index is 2.05. The Morgan fingerprint density at radius 1 is 1.17 bits per heavy atom. The highest BCUT2D eigenvalue weighted by atomic mass is 15.3. The fourth-order valence-electron chi connectivity index (χ4n) is 2.99. The molecular weight excluding hydrogens is 146 g/mol. The first-order chi connectivity index (χ1) is 5.55. The van der Waals surface area contributed by atoms with Crippen molar-refractivity contribution in [2.75, 3.05) is 6.54 Å². The molecule has 70 valence electrons. The molecule has 1 aliphatic carbocycles. The molecular formula is C11H21N. The normalized spacial score (nSPS) is 41.0. The zero-order valence-corrected chi connectivity index (χ0v) is 8.80. The minimum Gasteiger partial charge on any atom is -0.297 e. The molecule has 0 aromatic heterocycles. The second-order valence-corrected chi connectivity index (χ2v) is 5.35. The lowest BCUT2D eigenvalue weighted by molar-refractivity contribution is 0.114. The van der Waals surface area contributed by atoms with E-state index in [0.29, 0.717) is 0 Å². The van der Waals surface area contributed by atoms with E-state index in [-0.39, 0.29) is 0 Å². The average Bonchev–Trinajstić information content (AvgIpc) is 2.36. The van der Waals surface area contributed by atoms with E-state index in [4.69, 9.17) is 0 Å². The summed E-state index contributed by atoms with van der Waals surface area (Å²) in [5.41, 5.74) is 0.717. The summed E-state index contributed by atoms with van der Waals surface area (Å²) in [6, 6.07) is 1.70.